The maximum Gasteiger partial charge on any atom is 0.261 e. The molecule has 2 aromatic rings. The van der Waals surface area contributed by atoms with E-state index in [-0.39, 0.29) is 16.9 Å². The van der Waals surface area contributed by atoms with Crippen LogP contribution in [0, 0.1) is 0 Å². The van der Waals surface area contributed by atoms with Crippen LogP contribution in [-0.2, 0) is 14.8 Å². The summed E-state index contributed by atoms with van der Waals surface area (Å²) < 4.78 is 37.9. The molecule has 0 heterocycles. The SMILES string of the molecule is COc1ccc(NS(=O)(=O)c2ccc(C(=O)NCCCOC(C)C)cc2)cc1. The highest BCUT2D eigenvalue weighted by molar-refractivity contribution is 7.92. The molecule has 0 spiro atoms. The van der Waals surface area contributed by atoms with Gasteiger partial charge in [0.2, 0.25) is 0 Å². The maximum atomic E-state index is 12.5. The summed E-state index contributed by atoms with van der Waals surface area (Å²) in [5, 5.41) is 2.79. The van der Waals surface area contributed by atoms with Crippen LogP contribution in [0.15, 0.2) is 53.4 Å². The molecule has 152 valence electrons. The van der Waals surface area contributed by atoms with Gasteiger partial charge in [-0.3, -0.25) is 9.52 Å². The standard InChI is InChI=1S/C20H26N2O5S/c1-15(2)27-14-4-13-21-20(23)16-5-11-19(12-6-16)28(24,25)22-17-7-9-18(26-3)10-8-17/h5-12,15,22H,4,13-14H2,1-3H3,(H,21,23). The third-order valence-electron chi connectivity index (χ3n) is 3.83. The van der Waals surface area contributed by atoms with Crippen LogP contribution in [0.1, 0.15) is 30.6 Å². The van der Waals surface area contributed by atoms with E-state index in [9.17, 15) is 13.2 Å². The Morgan fingerprint density at radius 2 is 1.68 bits per heavy atom. The molecule has 0 fully saturated rings. The second-order valence-electron chi connectivity index (χ2n) is 6.39. The van der Waals surface area contributed by atoms with Gasteiger partial charge in [-0.05, 0) is 68.8 Å². The van der Waals surface area contributed by atoms with Crippen LogP contribution >= 0.6 is 0 Å². The van der Waals surface area contributed by atoms with Gasteiger partial charge in [-0.1, -0.05) is 0 Å². The number of hydrogen-bond acceptors (Lipinski definition) is 5. The molecule has 0 saturated carbocycles. The van der Waals surface area contributed by atoms with Crippen molar-refractivity contribution in [2.75, 3.05) is 25.0 Å². The Kier molecular flexibility index (Phi) is 7.83. The van der Waals surface area contributed by atoms with E-state index >= 15 is 0 Å². The Morgan fingerprint density at radius 3 is 2.25 bits per heavy atom. The summed E-state index contributed by atoms with van der Waals surface area (Å²) in [6.45, 7) is 4.98. The first-order chi connectivity index (χ1) is 13.3. The fourth-order valence-electron chi connectivity index (χ4n) is 2.35. The lowest BCUT2D eigenvalue weighted by Gasteiger charge is -2.10. The predicted molar refractivity (Wildman–Crippen MR) is 108 cm³/mol. The van der Waals surface area contributed by atoms with Gasteiger partial charge < -0.3 is 14.8 Å². The maximum absolute atomic E-state index is 12.5. The zero-order valence-corrected chi connectivity index (χ0v) is 17.1. The molecule has 28 heavy (non-hydrogen) atoms. The van der Waals surface area contributed by atoms with Gasteiger partial charge in [0.15, 0.2) is 0 Å². The van der Waals surface area contributed by atoms with Crippen molar-refractivity contribution >= 4 is 21.6 Å². The molecule has 0 aliphatic carbocycles. The average molecular weight is 407 g/mol. The number of benzene rings is 2. The number of hydrogen-bond donors (Lipinski definition) is 2. The molecule has 2 aromatic carbocycles. The van der Waals surface area contributed by atoms with Crippen LogP contribution < -0.4 is 14.8 Å². The average Bonchev–Trinajstić information content (AvgIpc) is 2.67. The van der Waals surface area contributed by atoms with Gasteiger partial charge in [-0.2, -0.15) is 0 Å². The first kappa shape index (κ1) is 21.7. The summed E-state index contributed by atoms with van der Waals surface area (Å²) in [6, 6.07) is 12.3. The second-order valence-corrected chi connectivity index (χ2v) is 8.07. The van der Waals surface area contributed by atoms with Crippen molar-refractivity contribution in [2.24, 2.45) is 0 Å². The van der Waals surface area contributed by atoms with Crippen molar-refractivity contribution < 1.29 is 22.7 Å². The minimum atomic E-state index is -3.75. The van der Waals surface area contributed by atoms with E-state index in [0.29, 0.717) is 36.6 Å². The fraction of sp³-hybridized carbons (Fsp3) is 0.350. The monoisotopic (exact) mass is 406 g/mol. The Bertz CT molecular complexity index is 862. The molecule has 7 nitrogen and oxygen atoms in total. The zero-order valence-electron chi connectivity index (χ0n) is 16.3. The highest BCUT2D eigenvalue weighted by Crippen LogP contribution is 2.19. The Balaban J connectivity index is 1.93. The number of ether oxygens (including phenoxy) is 2. The lowest BCUT2D eigenvalue weighted by Crippen LogP contribution is -2.25. The quantitative estimate of drug-likeness (QED) is 0.592. The van der Waals surface area contributed by atoms with Crippen molar-refractivity contribution in [3.05, 3.63) is 54.1 Å². The van der Waals surface area contributed by atoms with E-state index < -0.39 is 10.0 Å². The molecular formula is C20H26N2O5S. The summed E-state index contributed by atoms with van der Waals surface area (Å²) in [6.07, 6.45) is 0.874. The lowest BCUT2D eigenvalue weighted by molar-refractivity contribution is 0.0757. The van der Waals surface area contributed by atoms with E-state index in [1.165, 1.54) is 31.4 Å². The molecule has 0 unspecified atom stereocenters. The number of sulfonamides is 1. The minimum Gasteiger partial charge on any atom is -0.497 e. The molecule has 0 bridgehead atoms. The van der Waals surface area contributed by atoms with Crippen LogP contribution in [0.2, 0.25) is 0 Å². The van der Waals surface area contributed by atoms with Crippen LogP contribution in [0.25, 0.3) is 0 Å². The summed E-state index contributed by atoms with van der Waals surface area (Å²) in [7, 11) is -2.21. The van der Waals surface area contributed by atoms with E-state index in [0.717, 1.165) is 0 Å². The largest absolute Gasteiger partial charge is 0.497 e. The Hall–Kier alpha value is -2.58. The van der Waals surface area contributed by atoms with Crippen molar-refractivity contribution in [1.29, 1.82) is 0 Å². The van der Waals surface area contributed by atoms with E-state index in [4.69, 9.17) is 9.47 Å². The number of anilines is 1. The number of amides is 1. The number of methoxy groups -OCH3 is 1. The first-order valence-corrected chi connectivity index (χ1v) is 10.5. The fourth-order valence-corrected chi connectivity index (χ4v) is 3.41. The van der Waals surface area contributed by atoms with Crippen LogP contribution in [0.5, 0.6) is 5.75 Å². The summed E-state index contributed by atoms with van der Waals surface area (Å²) in [5.41, 5.74) is 0.819. The van der Waals surface area contributed by atoms with E-state index in [1.54, 1.807) is 24.3 Å². The number of carbonyl (C=O) groups excluding carboxylic acids is 1. The summed E-state index contributed by atoms with van der Waals surface area (Å²) >= 11 is 0. The highest BCUT2D eigenvalue weighted by atomic mass is 32.2. The zero-order chi connectivity index (χ0) is 20.6. The third kappa shape index (κ3) is 6.54. The molecule has 0 aliphatic rings. The molecule has 0 radical (unpaired) electrons. The van der Waals surface area contributed by atoms with Crippen LogP contribution in [-0.4, -0.2) is 40.7 Å². The Morgan fingerprint density at radius 1 is 1.04 bits per heavy atom. The first-order valence-electron chi connectivity index (χ1n) is 8.98. The van der Waals surface area contributed by atoms with Crippen LogP contribution in [0.3, 0.4) is 0 Å². The summed E-state index contributed by atoms with van der Waals surface area (Å²) in [5.74, 6) is 0.380. The number of carbonyl (C=O) groups is 1. The van der Waals surface area contributed by atoms with E-state index in [2.05, 4.69) is 10.0 Å². The molecule has 8 heteroatoms. The molecule has 1 amide bonds. The molecule has 0 atom stereocenters. The minimum absolute atomic E-state index is 0.0743. The van der Waals surface area contributed by atoms with Crippen molar-refractivity contribution in [3.63, 3.8) is 0 Å². The summed E-state index contributed by atoms with van der Waals surface area (Å²) in [4.78, 5) is 12.2. The van der Waals surface area contributed by atoms with Gasteiger partial charge in [0.05, 0.1) is 18.1 Å². The van der Waals surface area contributed by atoms with Gasteiger partial charge in [0.25, 0.3) is 15.9 Å². The van der Waals surface area contributed by atoms with Gasteiger partial charge in [-0.25, -0.2) is 8.42 Å². The normalized spacial score (nSPS) is 11.3. The molecule has 0 aromatic heterocycles. The van der Waals surface area contributed by atoms with Crippen molar-refractivity contribution in [2.45, 2.75) is 31.3 Å². The van der Waals surface area contributed by atoms with Gasteiger partial charge in [0.1, 0.15) is 5.75 Å². The highest BCUT2D eigenvalue weighted by Gasteiger charge is 2.15. The van der Waals surface area contributed by atoms with Crippen LogP contribution in [0.4, 0.5) is 5.69 Å². The van der Waals surface area contributed by atoms with Crippen molar-refractivity contribution in [1.82, 2.24) is 5.32 Å². The molecule has 0 saturated heterocycles. The second kappa shape index (κ2) is 10.1. The van der Waals surface area contributed by atoms with Gasteiger partial charge in [-0.15, -0.1) is 0 Å². The predicted octanol–water partition coefficient (Wildman–Crippen LogP) is 3.04. The number of rotatable bonds is 10. The number of nitrogens with one attached hydrogen (secondary N) is 2. The van der Waals surface area contributed by atoms with E-state index in [1.807, 2.05) is 13.8 Å². The van der Waals surface area contributed by atoms with Gasteiger partial charge in [0, 0.05) is 24.4 Å². The Labute approximate surface area is 166 Å². The third-order valence-corrected chi connectivity index (χ3v) is 5.22. The molecule has 2 rings (SSSR count). The molecular weight excluding hydrogens is 380 g/mol. The van der Waals surface area contributed by atoms with Crippen molar-refractivity contribution in [3.8, 4) is 5.75 Å². The smallest absolute Gasteiger partial charge is 0.261 e. The topological polar surface area (TPSA) is 93.7 Å². The molecule has 2 N–H and O–H groups in total. The molecule has 0 aliphatic heterocycles. The van der Waals surface area contributed by atoms with Gasteiger partial charge >= 0.3 is 0 Å². The lowest BCUT2D eigenvalue weighted by atomic mass is 10.2.